The lowest BCUT2D eigenvalue weighted by Gasteiger charge is -2.32. The fourth-order valence-electron chi connectivity index (χ4n) is 3.73. The number of amides is 3. The number of aliphatic imine (C=N–C) groups is 1. The van der Waals surface area contributed by atoms with E-state index in [1.807, 2.05) is 19.1 Å². The van der Waals surface area contributed by atoms with Crippen molar-refractivity contribution in [1.29, 1.82) is 5.26 Å². The van der Waals surface area contributed by atoms with Gasteiger partial charge in [-0.05, 0) is 30.7 Å². The zero-order chi connectivity index (χ0) is 24.8. The smallest absolute Gasteiger partial charge is 0.272 e. The monoisotopic (exact) mass is 465 g/mol. The topological polar surface area (TPSA) is 144 Å². The molecule has 1 atom stereocenters. The molecule has 1 aromatic heterocycles. The molecule has 11 nitrogen and oxygen atoms in total. The third-order valence-corrected chi connectivity index (χ3v) is 5.47. The molecule has 1 aliphatic rings. The minimum absolute atomic E-state index is 0.0888. The van der Waals surface area contributed by atoms with Crippen LogP contribution in [0.2, 0.25) is 0 Å². The number of nitriles is 1. The second-order valence-electron chi connectivity index (χ2n) is 8.02. The highest BCUT2D eigenvalue weighted by Gasteiger charge is 2.33. The van der Waals surface area contributed by atoms with Gasteiger partial charge in [0, 0.05) is 39.0 Å². The number of nitrogens with zero attached hydrogens (tertiary/aromatic N) is 6. The molecule has 0 fully saturated rings. The summed E-state index contributed by atoms with van der Waals surface area (Å²) >= 11 is 0. The van der Waals surface area contributed by atoms with Gasteiger partial charge in [-0.15, -0.1) is 0 Å². The average molecular weight is 466 g/mol. The number of aliphatic hydroxyl groups excluding tert-OH is 1. The van der Waals surface area contributed by atoms with Crippen LogP contribution in [0.1, 0.15) is 35.4 Å². The fourth-order valence-corrected chi connectivity index (χ4v) is 3.73. The van der Waals surface area contributed by atoms with E-state index in [0.717, 1.165) is 5.56 Å². The van der Waals surface area contributed by atoms with Gasteiger partial charge in [-0.1, -0.05) is 6.07 Å². The van der Waals surface area contributed by atoms with Crippen LogP contribution < -0.4 is 5.32 Å². The number of benzene rings is 1. The Kier molecular flexibility index (Phi) is 7.75. The van der Waals surface area contributed by atoms with Crippen molar-refractivity contribution >= 4 is 29.6 Å². The van der Waals surface area contributed by atoms with E-state index < -0.39 is 12.5 Å². The third-order valence-electron chi connectivity index (χ3n) is 5.47. The van der Waals surface area contributed by atoms with Crippen LogP contribution in [0.15, 0.2) is 29.3 Å². The number of carbonyl (C=O) groups excluding carboxylic acids is 3. The van der Waals surface area contributed by atoms with Gasteiger partial charge < -0.3 is 20.2 Å². The lowest BCUT2D eigenvalue weighted by Crippen LogP contribution is -2.47. The Hall–Kier alpha value is -4.04. The summed E-state index contributed by atoms with van der Waals surface area (Å²) in [6.45, 7) is 1.75. The summed E-state index contributed by atoms with van der Waals surface area (Å²) in [7, 11) is 3.24. The van der Waals surface area contributed by atoms with Crippen molar-refractivity contribution in [2.45, 2.75) is 19.4 Å². The lowest BCUT2D eigenvalue weighted by molar-refractivity contribution is -0.130. The Labute approximate surface area is 197 Å². The molecule has 34 heavy (non-hydrogen) atoms. The van der Waals surface area contributed by atoms with E-state index in [0.29, 0.717) is 35.7 Å². The highest BCUT2D eigenvalue weighted by molar-refractivity contribution is 6.00. The van der Waals surface area contributed by atoms with E-state index in [-0.39, 0.29) is 30.8 Å². The second-order valence-corrected chi connectivity index (χ2v) is 8.02. The Morgan fingerprint density at radius 1 is 1.41 bits per heavy atom. The Morgan fingerprint density at radius 2 is 2.18 bits per heavy atom. The van der Waals surface area contributed by atoms with Crippen molar-refractivity contribution in [2.24, 2.45) is 4.99 Å². The molecule has 0 unspecified atom stereocenters. The van der Waals surface area contributed by atoms with Crippen molar-refractivity contribution in [2.75, 3.05) is 45.7 Å². The summed E-state index contributed by atoms with van der Waals surface area (Å²) in [5.74, 6) is -1.15. The first-order valence-corrected chi connectivity index (χ1v) is 10.8. The molecule has 3 rings (SSSR count). The maximum absolute atomic E-state index is 13.1. The summed E-state index contributed by atoms with van der Waals surface area (Å²) in [4.78, 5) is 44.4. The molecule has 1 aromatic carbocycles. The van der Waals surface area contributed by atoms with Gasteiger partial charge in [-0.3, -0.25) is 24.1 Å². The molecule has 0 saturated carbocycles. The van der Waals surface area contributed by atoms with Gasteiger partial charge >= 0.3 is 0 Å². The van der Waals surface area contributed by atoms with E-state index in [4.69, 9.17) is 10.4 Å². The summed E-state index contributed by atoms with van der Waals surface area (Å²) in [6.07, 6.45) is 1.85. The maximum Gasteiger partial charge on any atom is 0.272 e. The number of fused-ring (bicyclic) bond motifs is 1. The van der Waals surface area contributed by atoms with Gasteiger partial charge in [0.2, 0.25) is 11.8 Å². The number of carbonyl (C=O) groups is 3. The number of hydrogen-bond donors (Lipinski definition) is 2. The number of aromatic nitrogens is 2. The number of hydrogen-bond acceptors (Lipinski definition) is 7. The number of anilines is 1. The van der Waals surface area contributed by atoms with Crippen molar-refractivity contribution in [3.8, 4) is 17.3 Å². The lowest BCUT2D eigenvalue weighted by atomic mass is 10.1. The van der Waals surface area contributed by atoms with Gasteiger partial charge in [0.1, 0.15) is 18.8 Å². The minimum Gasteiger partial charge on any atom is -0.387 e. The van der Waals surface area contributed by atoms with Gasteiger partial charge in [-0.25, -0.2) is 0 Å². The molecular formula is C23H27N7O4. The molecule has 1 aliphatic heterocycles. The van der Waals surface area contributed by atoms with Crippen LogP contribution in [0.3, 0.4) is 0 Å². The first-order chi connectivity index (χ1) is 16.3. The molecule has 0 saturated heterocycles. The Morgan fingerprint density at radius 3 is 2.85 bits per heavy atom. The summed E-state index contributed by atoms with van der Waals surface area (Å²) in [5.41, 5.74) is 2.56. The van der Waals surface area contributed by atoms with E-state index in [1.54, 1.807) is 43.2 Å². The molecule has 2 heterocycles. The van der Waals surface area contributed by atoms with Crippen LogP contribution in [0.5, 0.6) is 0 Å². The molecular weight excluding hydrogens is 438 g/mol. The first kappa shape index (κ1) is 24.6. The van der Waals surface area contributed by atoms with Crippen LogP contribution in [0, 0.1) is 11.3 Å². The third kappa shape index (κ3) is 5.29. The van der Waals surface area contributed by atoms with Crippen LogP contribution in [0.25, 0.3) is 11.3 Å². The largest absolute Gasteiger partial charge is 0.387 e. The van der Waals surface area contributed by atoms with Crippen molar-refractivity contribution < 1.29 is 19.5 Å². The highest BCUT2D eigenvalue weighted by atomic mass is 16.3. The quantitative estimate of drug-likeness (QED) is 0.555. The van der Waals surface area contributed by atoms with Gasteiger partial charge in [-0.2, -0.15) is 10.4 Å². The van der Waals surface area contributed by atoms with Gasteiger partial charge in [0.25, 0.3) is 5.91 Å². The van der Waals surface area contributed by atoms with Gasteiger partial charge in [0.15, 0.2) is 0 Å². The van der Waals surface area contributed by atoms with Crippen LogP contribution in [-0.2, 0) is 9.59 Å². The van der Waals surface area contributed by atoms with Crippen LogP contribution >= 0.6 is 0 Å². The molecule has 0 bridgehead atoms. The standard InChI is InChI=1S/C23H27N7O4/c1-15-12-29(13-22(33)28(3)8-4-7-24)23(34)20-10-19(27-30(15)20)17-6-5-16(11-25-2)9-18(17)26-21(32)14-31/h5-6,9-11,15,31H,4,8,12-14H2,1-3H3,(H,26,32)/b25-11+/t15-/m0/s1. The van der Waals surface area contributed by atoms with Crippen LogP contribution in [0.4, 0.5) is 5.69 Å². The normalized spacial score (nSPS) is 15.2. The fraction of sp³-hybridized carbons (Fsp3) is 0.391. The molecule has 0 spiro atoms. The van der Waals surface area contributed by atoms with Crippen molar-refractivity contribution in [3.05, 3.63) is 35.5 Å². The number of rotatable bonds is 8. The number of nitrogens with one attached hydrogen (secondary N) is 1. The first-order valence-electron chi connectivity index (χ1n) is 10.8. The predicted molar refractivity (Wildman–Crippen MR) is 125 cm³/mol. The number of likely N-dealkylation sites (N-methyl/N-ethyl adjacent to an activating group) is 1. The minimum atomic E-state index is -0.674. The Balaban J connectivity index is 1.91. The van der Waals surface area contributed by atoms with Crippen molar-refractivity contribution in [1.82, 2.24) is 19.6 Å². The molecule has 2 aromatic rings. The zero-order valence-electron chi connectivity index (χ0n) is 19.4. The molecule has 0 aliphatic carbocycles. The number of aliphatic hydroxyl groups is 1. The van der Waals surface area contributed by atoms with E-state index in [1.165, 1.54) is 9.80 Å². The van der Waals surface area contributed by atoms with E-state index in [2.05, 4.69) is 15.4 Å². The second kappa shape index (κ2) is 10.7. The predicted octanol–water partition coefficient (Wildman–Crippen LogP) is 0.918. The Bertz CT molecular complexity index is 1160. The van der Waals surface area contributed by atoms with Gasteiger partial charge in [0.05, 0.1) is 29.9 Å². The summed E-state index contributed by atoms with van der Waals surface area (Å²) in [5, 5.41) is 25.1. The van der Waals surface area contributed by atoms with E-state index >= 15 is 0 Å². The maximum atomic E-state index is 13.1. The molecule has 2 N–H and O–H groups in total. The summed E-state index contributed by atoms with van der Waals surface area (Å²) < 4.78 is 1.62. The van der Waals surface area contributed by atoms with Crippen LogP contribution in [-0.4, -0.2) is 89.0 Å². The van der Waals surface area contributed by atoms with E-state index in [9.17, 15) is 14.4 Å². The molecule has 3 amide bonds. The van der Waals surface area contributed by atoms with Crippen molar-refractivity contribution in [3.63, 3.8) is 0 Å². The summed E-state index contributed by atoms with van der Waals surface area (Å²) in [6, 6.07) is 8.73. The molecule has 0 radical (unpaired) electrons. The molecule has 178 valence electrons. The average Bonchev–Trinajstić information content (AvgIpc) is 3.27. The molecule has 11 heteroatoms. The highest BCUT2D eigenvalue weighted by Crippen LogP contribution is 2.31. The zero-order valence-corrected chi connectivity index (χ0v) is 19.4. The SMILES string of the molecule is C/N=C/c1ccc(-c2cc3n(n2)[C@@H](C)CN(CC(=O)N(C)CCC#N)C3=O)c(NC(=O)CO)c1.